The molecule has 3 N–H and O–H groups in total. The maximum absolute atomic E-state index is 10.8. The molecule has 0 fully saturated rings. The molecule has 21 heavy (non-hydrogen) atoms. The molecule has 4 heteroatoms. The van der Waals surface area contributed by atoms with E-state index in [1.54, 1.807) is 12.3 Å². The van der Waals surface area contributed by atoms with Crippen LogP contribution in [0.15, 0.2) is 42.6 Å². The number of carbonyl (C=O) groups excluding carboxylic acids is 1. The van der Waals surface area contributed by atoms with Crippen LogP contribution < -0.4 is 5.32 Å². The highest BCUT2D eigenvalue weighted by molar-refractivity contribution is 5.87. The van der Waals surface area contributed by atoms with E-state index in [9.17, 15) is 4.79 Å². The van der Waals surface area contributed by atoms with Crippen LogP contribution in [0.5, 0.6) is 0 Å². The Kier molecular flexibility index (Phi) is 5.35. The fraction of sp³-hybridized carbons (Fsp3) is 0.235. The zero-order valence-electron chi connectivity index (χ0n) is 12.1. The van der Waals surface area contributed by atoms with Crippen molar-refractivity contribution in [2.75, 3.05) is 13.2 Å². The van der Waals surface area contributed by atoms with Crippen LogP contribution in [0.25, 0.3) is 17.0 Å². The van der Waals surface area contributed by atoms with Gasteiger partial charge in [-0.3, -0.25) is 4.79 Å². The summed E-state index contributed by atoms with van der Waals surface area (Å²) >= 11 is 0. The minimum atomic E-state index is 0.0222. The summed E-state index contributed by atoms with van der Waals surface area (Å²) in [6.07, 6.45) is 7.65. The molecule has 0 spiro atoms. The second kappa shape index (κ2) is 7.45. The lowest BCUT2D eigenvalue weighted by Gasteiger charge is -2.02. The van der Waals surface area contributed by atoms with E-state index in [-0.39, 0.29) is 12.4 Å². The second-order valence-electron chi connectivity index (χ2n) is 4.80. The highest BCUT2D eigenvalue weighted by Gasteiger charge is 2.08. The lowest BCUT2D eigenvalue weighted by atomic mass is 10.1. The van der Waals surface area contributed by atoms with Crippen molar-refractivity contribution >= 4 is 22.8 Å². The molecule has 0 amide bonds. The maximum Gasteiger partial charge on any atom is 0.154 e. The smallest absolute Gasteiger partial charge is 0.154 e. The number of aliphatic hydroxyl groups excluding tert-OH is 1. The van der Waals surface area contributed by atoms with Crippen LogP contribution in [-0.2, 0) is 11.2 Å². The first-order valence-corrected chi connectivity index (χ1v) is 7.00. The molecular weight excluding hydrogens is 264 g/mol. The summed E-state index contributed by atoms with van der Waals surface area (Å²) in [5, 5.41) is 13.2. The van der Waals surface area contributed by atoms with Crippen LogP contribution >= 0.6 is 0 Å². The van der Waals surface area contributed by atoms with Crippen molar-refractivity contribution in [2.24, 2.45) is 0 Å². The number of H-pyrrole nitrogens is 1. The molecule has 0 unspecified atom stereocenters. The van der Waals surface area contributed by atoms with E-state index in [1.807, 2.05) is 24.3 Å². The number of ketones is 1. The van der Waals surface area contributed by atoms with Gasteiger partial charge in [-0.25, -0.2) is 0 Å². The summed E-state index contributed by atoms with van der Waals surface area (Å²) < 4.78 is 0. The lowest BCUT2D eigenvalue weighted by molar-refractivity contribution is -0.112. The number of benzene rings is 1. The summed E-state index contributed by atoms with van der Waals surface area (Å²) in [6, 6.07) is 8.14. The van der Waals surface area contributed by atoms with E-state index in [0.717, 1.165) is 24.2 Å². The average Bonchev–Trinajstić information content (AvgIpc) is 2.82. The van der Waals surface area contributed by atoms with Gasteiger partial charge in [-0.05, 0) is 43.3 Å². The zero-order chi connectivity index (χ0) is 15.1. The molecule has 1 heterocycles. The minimum absolute atomic E-state index is 0.0222. The summed E-state index contributed by atoms with van der Waals surface area (Å²) in [4.78, 5) is 14.2. The summed E-state index contributed by atoms with van der Waals surface area (Å²) in [6.45, 7) is 2.29. The van der Waals surface area contributed by atoms with Gasteiger partial charge < -0.3 is 15.4 Å². The van der Waals surface area contributed by atoms with Crippen LogP contribution in [0.3, 0.4) is 0 Å². The number of hydrogen-bond acceptors (Lipinski definition) is 3. The molecule has 110 valence electrons. The number of para-hydroxylation sites is 1. The Morgan fingerprint density at radius 2 is 2.19 bits per heavy atom. The van der Waals surface area contributed by atoms with Gasteiger partial charge in [0.1, 0.15) is 0 Å². The summed E-state index contributed by atoms with van der Waals surface area (Å²) in [5.74, 6) is 0.0289. The van der Waals surface area contributed by atoms with Gasteiger partial charge in [0.2, 0.25) is 0 Å². The van der Waals surface area contributed by atoms with Crippen LogP contribution in [0.4, 0.5) is 0 Å². The highest BCUT2D eigenvalue weighted by Crippen LogP contribution is 2.23. The second-order valence-corrected chi connectivity index (χ2v) is 4.80. The third-order valence-corrected chi connectivity index (χ3v) is 3.19. The number of allylic oxidation sites excluding steroid dienone is 1. The third-order valence-electron chi connectivity index (χ3n) is 3.19. The van der Waals surface area contributed by atoms with E-state index in [2.05, 4.69) is 16.4 Å². The van der Waals surface area contributed by atoms with Crippen LogP contribution in [0.2, 0.25) is 0 Å². The third kappa shape index (κ3) is 4.07. The Morgan fingerprint density at radius 1 is 1.38 bits per heavy atom. The SMILES string of the molecule is CC(=O)/C=C\NCCc1c(/C=C/CO)[nH]c2ccccc12. The Labute approximate surface area is 124 Å². The first kappa shape index (κ1) is 15.1. The van der Waals surface area contributed by atoms with Crippen molar-refractivity contribution < 1.29 is 9.90 Å². The number of aliphatic hydroxyl groups is 1. The van der Waals surface area contributed by atoms with Crippen molar-refractivity contribution in [3.8, 4) is 0 Å². The molecule has 4 nitrogen and oxygen atoms in total. The van der Waals surface area contributed by atoms with E-state index >= 15 is 0 Å². The molecular formula is C17H20N2O2. The van der Waals surface area contributed by atoms with Gasteiger partial charge in [0, 0.05) is 23.1 Å². The van der Waals surface area contributed by atoms with Gasteiger partial charge in [0.15, 0.2) is 5.78 Å². The molecule has 0 saturated carbocycles. The predicted octanol–water partition coefficient (Wildman–Crippen LogP) is 2.41. The van der Waals surface area contributed by atoms with Crippen molar-refractivity contribution in [2.45, 2.75) is 13.3 Å². The lowest BCUT2D eigenvalue weighted by Crippen LogP contribution is -2.10. The number of nitrogens with one attached hydrogen (secondary N) is 2. The molecule has 0 radical (unpaired) electrons. The topological polar surface area (TPSA) is 65.1 Å². The Balaban J connectivity index is 2.16. The first-order chi connectivity index (χ1) is 10.2. The van der Waals surface area contributed by atoms with Gasteiger partial charge in [0.05, 0.1) is 6.61 Å². The highest BCUT2D eigenvalue weighted by atomic mass is 16.2. The summed E-state index contributed by atoms with van der Waals surface area (Å²) in [5.41, 5.74) is 3.31. The number of carbonyl (C=O) groups is 1. The first-order valence-electron chi connectivity index (χ1n) is 7.00. The van der Waals surface area contributed by atoms with Gasteiger partial charge in [0.25, 0.3) is 0 Å². The Morgan fingerprint density at radius 3 is 2.95 bits per heavy atom. The standard InChI is InChI=1S/C17H20N2O2/c1-13(21)8-10-18-11-9-15-14-5-2-3-6-16(14)19-17(15)7-4-12-20/h2-8,10,18-20H,9,11-12H2,1H3/b7-4+,10-8-. The average molecular weight is 284 g/mol. The van der Waals surface area contributed by atoms with Gasteiger partial charge in [-0.15, -0.1) is 0 Å². The van der Waals surface area contributed by atoms with Crippen molar-refractivity contribution in [3.05, 3.63) is 53.9 Å². The molecule has 0 bridgehead atoms. The van der Waals surface area contributed by atoms with Crippen molar-refractivity contribution in [3.63, 3.8) is 0 Å². The maximum atomic E-state index is 10.8. The molecule has 1 aromatic carbocycles. The molecule has 2 rings (SSSR count). The van der Waals surface area contributed by atoms with Gasteiger partial charge >= 0.3 is 0 Å². The van der Waals surface area contributed by atoms with E-state index in [4.69, 9.17) is 5.11 Å². The number of fused-ring (bicyclic) bond motifs is 1. The fourth-order valence-corrected chi connectivity index (χ4v) is 2.26. The predicted molar refractivity (Wildman–Crippen MR) is 85.9 cm³/mol. The van der Waals surface area contributed by atoms with E-state index in [1.165, 1.54) is 23.9 Å². The zero-order valence-corrected chi connectivity index (χ0v) is 12.1. The van der Waals surface area contributed by atoms with Crippen molar-refractivity contribution in [1.82, 2.24) is 10.3 Å². The number of rotatable bonds is 7. The number of aromatic nitrogens is 1. The summed E-state index contributed by atoms with van der Waals surface area (Å²) in [7, 11) is 0. The molecule has 0 aliphatic carbocycles. The minimum Gasteiger partial charge on any atom is -0.392 e. The molecule has 0 aliphatic heterocycles. The molecule has 0 saturated heterocycles. The number of aromatic amines is 1. The molecule has 2 aromatic rings. The monoisotopic (exact) mass is 284 g/mol. The van der Waals surface area contributed by atoms with Gasteiger partial charge in [-0.2, -0.15) is 0 Å². The molecule has 0 atom stereocenters. The van der Waals surface area contributed by atoms with Crippen LogP contribution in [0, 0.1) is 0 Å². The number of hydrogen-bond donors (Lipinski definition) is 3. The van der Waals surface area contributed by atoms with E-state index in [0.29, 0.717) is 0 Å². The molecule has 0 aliphatic rings. The van der Waals surface area contributed by atoms with Crippen LogP contribution in [0.1, 0.15) is 18.2 Å². The quantitative estimate of drug-likeness (QED) is 0.540. The largest absolute Gasteiger partial charge is 0.392 e. The van der Waals surface area contributed by atoms with Gasteiger partial charge in [-0.1, -0.05) is 24.3 Å². The van der Waals surface area contributed by atoms with E-state index < -0.39 is 0 Å². The van der Waals surface area contributed by atoms with Crippen LogP contribution in [-0.4, -0.2) is 29.0 Å². The normalized spacial score (nSPS) is 11.7. The molecule has 1 aromatic heterocycles. The van der Waals surface area contributed by atoms with Crippen molar-refractivity contribution in [1.29, 1.82) is 0 Å². The fourth-order valence-electron chi connectivity index (χ4n) is 2.26. The Bertz CT molecular complexity index is 668. The Hall–Kier alpha value is -2.33.